The van der Waals surface area contributed by atoms with Crippen molar-refractivity contribution in [2.75, 3.05) is 6.61 Å². The molecule has 0 radical (unpaired) electrons. The van der Waals surface area contributed by atoms with Crippen LogP contribution in [0.4, 0.5) is 0 Å². The molecule has 1 unspecified atom stereocenters. The molecule has 0 bridgehead atoms. The van der Waals surface area contributed by atoms with Crippen LogP contribution in [0.1, 0.15) is 90.9 Å². The Balaban J connectivity index is 3.08. The molecule has 0 saturated heterocycles. The fraction of sp³-hybridized carbons (Fsp3) is 1.00. The lowest BCUT2D eigenvalue weighted by atomic mass is 9.96. The van der Waals surface area contributed by atoms with Gasteiger partial charge in [0.2, 0.25) is 0 Å². The van der Waals surface area contributed by atoms with E-state index >= 15 is 0 Å². The number of hydrogen-bond acceptors (Lipinski definition) is 1. The van der Waals surface area contributed by atoms with Crippen LogP contribution in [0.5, 0.6) is 0 Å². The van der Waals surface area contributed by atoms with Crippen LogP contribution in [-0.4, -0.2) is 11.7 Å². The largest absolute Gasteiger partial charge is 0.396 e. The lowest BCUT2D eigenvalue weighted by Crippen LogP contribution is -1.95. The first-order valence-corrected chi connectivity index (χ1v) is 7.92. The van der Waals surface area contributed by atoms with Crippen molar-refractivity contribution >= 4 is 0 Å². The van der Waals surface area contributed by atoms with Gasteiger partial charge in [0, 0.05) is 6.61 Å². The molecule has 1 nitrogen and oxygen atoms in total. The molecule has 0 aliphatic carbocycles. The van der Waals surface area contributed by atoms with E-state index in [1.54, 1.807) is 0 Å². The van der Waals surface area contributed by atoms with Crippen molar-refractivity contribution in [3.63, 3.8) is 0 Å². The van der Waals surface area contributed by atoms with E-state index in [0.29, 0.717) is 6.61 Å². The molecule has 0 aliphatic rings. The van der Waals surface area contributed by atoms with Gasteiger partial charge in [0.25, 0.3) is 0 Å². The highest BCUT2D eigenvalue weighted by Gasteiger charge is 2.01. The quantitative estimate of drug-likeness (QED) is 0.434. The molecule has 104 valence electrons. The maximum atomic E-state index is 8.66. The molecule has 0 spiro atoms. The topological polar surface area (TPSA) is 20.2 Å². The van der Waals surface area contributed by atoms with Crippen molar-refractivity contribution in [1.29, 1.82) is 0 Å². The summed E-state index contributed by atoms with van der Waals surface area (Å²) in [5.74, 6) is 0.935. The fourth-order valence-electron chi connectivity index (χ4n) is 2.38. The normalized spacial score (nSPS) is 12.9. The van der Waals surface area contributed by atoms with E-state index in [0.717, 1.165) is 12.3 Å². The third-order valence-corrected chi connectivity index (χ3v) is 3.66. The van der Waals surface area contributed by atoms with Gasteiger partial charge in [0.15, 0.2) is 0 Å². The number of rotatable bonds is 13. The van der Waals surface area contributed by atoms with Crippen LogP contribution in [0.2, 0.25) is 0 Å². The highest BCUT2D eigenvalue weighted by molar-refractivity contribution is 4.55. The zero-order valence-electron chi connectivity index (χ0n) is 12.2. The van der Waals surface area contributed by atoms with E-state index in [9.17, 15) is 0 Å². The third kappa shape index (κ3) is 13.9. The summed E-state index contributed by atoms with van der Waals surface area (Å²) in [6.07, 6.45) is 16.2. The van der Waals surface area contributed by atoms with Crippen LogP contribution in [-0.2, 0) is 0 Å². The lowest BCUT2D eigenvalue weighted by Gasteiger charge is -2.10. The Hall–Kier alpha value is -0.0400. The molecular formula is C16H34O. The zero-order chi connectivity index (χ0) is 12.8. The third-order valence-electron chi connectivity index (χ3n) is 3.66. The number of unbranched alkanes of at least 4 members (excludes halogenated alkanes) is 8. The van der Waals surface area contributed by atoms with Gasteiger partial charge >= 0.3 is 0 Å². The van der Waals surface area contributed by atoms with E-state index in [1.165, 1.54) is 70.6 Å². The van der Waals surface area contributed by atoms with Crippen molar-refractivity contribution in [2.24, 2.45) is 5.92 Å². The summed E-state index contributed by atoms with van der Waals surface area (Å²) in [4.78, 5) is 0. The number of aliphatic hydroxyl groups is 1. The Bertz CT molecular complexity index is 133. The van der Waals surface area contributed by atoms with Crippen LogP contribution in [0, 0.1) is 5.92 Å². The lowest BCUT2D eigenvalue weighted by molar-refractivity contribution is 0.282. The summed E-state index contributed by atoms with van der Waals surface area (Å²) in [5, 5.41) is 8.66. The van der Waals surface area contributed by atoms with Crippen molar-refractivity contribution in [3.05, 3.63) is 0 Å². The van der Waals surface area contributed by atoms with Gasteiger partial charge in [-0.1, -0.05) is 84.5 Å². The summed E-state index contributed by atoms with van der Waals surface area (Å²) in [6.45, 7) is 5.06. The minimum absolute atomic E-state index is 0.370. The van der Waals surface area contributed by atoms with Crippen molar-refractivity contribution < 1.29 is 5.11 Å². The van der Waals surface area contributed by atoms with Gasteiger partial charge in [0.05, 0.1) is 0 Å². The monoisotopic (exact) mass is 242 g/mol. The van der Waals surface area contributed by atoms with Crippen molar-refractivity contribution in [2.45, 2.75) is 90.9 Å². The maximum absolute atomic E-state index is 8.66. The second-order valence-corrected chi connectivity index (χ2v) is 5.59. The Morgan fingerprint density at radius 2 is 1.18 bits per heavy atom. The van der Waals surface area contributed by atoms with Crippen LogP contribution in [0.25, 0.3) is 0 Å². The predicted octanol–water partition coefficient (Wildman–Crippen LogP) is 5.32. The first-order chi connectivity index (χ1) is 8.31. The molecule has 1 N–H and O–H groups in total. The zero-order valence-corrected chi connectivity index (χ0v) is 12.2. The van der Waals surface area contributed by atoms with Crippen molar-refractivity contribution in [3.8, 4) is 0 Å². The summed E-state index contributed by atoms with van der Waals surface area (Å²) in [7, 11) is 0. The average Bonchev–Trinajstić information content (AvgIpc) is 2.33. The molecule has 1 atom stereocenters. The minimum atomic E-state index is 0.370. The van der Waals surface area contributed by atoms with Gasteiger partial charge < -0.3 is 5.11 Å². The van der Waals surface area contributed by atoms with E-state index in [1.807, 2.05) is 0 Å². The summed E-state index contributed by atoms with van der Waals surface area (Å²) in [5.41, 5.74) is 0. The van der Waals surface area contributed by atoms with Gasteiger partial charge in [-0.2, -0.15) is 0 Å². The molecule has 0 aromatic carbocycles. The number of hydrogen-bond donors (Lipinski definition) is 1. The van der Waals surface area contributed by atoms with Crippen LogP contribution in [0.3, 0.4) is 0 Å². The molecule has 17 heavy (non-hydrogen) atoms. The second kappa shape index (κ2) is 14.0. The first kappa shape index (κ1) is 17.0. The second-order valence-electron chi connectivity index (χ2n) is 5.59. The summed E-state index contributed by atoms with van der Waals surface area (Å²) in [6, 6.07) is 0. The Labute approximate surface area is 109 Å². The molecule has 0 saturated carbocycles. The highest BCUT2D eigenvalue weighted by Crippen LogP contribution is 2.17. The van der Waals surface area contributed by atoms with Gasteiger partial charge in [0.1, 0.15) is 0 Å². The van der Waals surface area contributed by atoms with E-state index in [-0.39, 0.29) is 0 Å². The van der Waals surface area contributed by atoms with E-state index in [2.05, 4.69) is 13.8 Å². The maximum Gasteiger partial charge on any atom is 0.0431 e. The molecule has 0 heterocycles. The first-order valence-electron chi connectivity index (χ1n) is 7.92. The average molecular weight is 242 g/mol. The standard InChI is InChI=1S/C16H34O/c1-3-4-5-10-13-16(2)14-11-8-6-7-9-12-15-17/h16-17H,3-15H2,1-2H3. The number of aliphatic hydroxyl groups excluding tert-OH is 1. The van der Waals surface area contributed by atoms with Crippen LogP contribution < -0.4 is 0 Å². The minimum Gasteiger partial charge on any atom is -0.396 e. The molecular weight excluding hydrogens is 208 g/mol. The van der Waals surface area contributed by atoms with E-state index in [4.69, 9.17) is 5.11 Å². The van der Waals surface area contributed by atoms with Gasteiger partial charge in [-0.3, -0.25) is 0 Å². The molecule has 0 aliphatic heterocycles. The van der Waals surface area contributed by atoms with E-state index < -0.39 is 0 Å². The molecule has 0 rings (SSSR count). The fourth-order valence-corrected chi connectivity index (χ4v) is 2.38. The SMILES string of the molecule is CCCCCCC(C)CCCCCCCCO. The highest BCUT2D eigenvalue weighted by atomic mass is 16.2. The Morgan fingerprint density at radius 1 is 0.706 bits per heavy atom. The van der Waals surface area contributed by atoms with Gasteiger partial charge in [-0.05, 0) is 12.3 Å². The van der Waals surface area contributed by atoms with Crippen LogP contribution in [0.15, 0.2) is 0 Å². The van der Waals surface area contributed by atoms with Crippen molar-refractivity contribution in [1.82, 2.24) is 0 Å². The predicted molar refractivity (Wildman–Crippen MR) is 77.3 cm³/mol. The molecule has 0 aromatic heterocycles. The molecule has 0 fully saturated rings. The molecule has 1 heteroatoms. The smallest absolute Gasteiger partial charge is 0.0431 e. The summed E-state index contributed by atoms with van der Waals surface area (Å²) >= 11 is 0. The summed E-state index contributed by atoms with van der Waals surface area (Å²) < 4.78 is 0. The Kier molecular flexibility index (Phi) is 14.0. The molecule has 0 amide bonds. The Morgan fingerprint density at radius 3 is 1.71 bits per heavy atom. The van der Waals surface area contributed by atoms with Gasteiger partial charge in [-0.15, -0.1) is 0 Å². The van der Waals surface area contributed by atoms with Crippen LogP contribution >= 0.6 is 0 Å². The van der Waals surface area contributed by atoms with Gasteiger partial charge in [-0.25, -0.2) is 0 Å². The molecule has 0 aromatic rings.